The van der Waals surface area contributed by atoms with Gasteiger partial charge in [-0.25, -0.2) is 4.39 Å². The average Bonchev–Trinajstić information content (AvgIpc) is 3.02. The van der Waals surface area contributed by atoms with E-state index in [1.807, 2.05) is 0 Å². The van der Waals surface area contributed by atoms with Crippen LogP contribution in [0.25, 0.3) is 0 Å². The molecule has 1 aromatic rings. The fourth-order valence-electron chi connectivity index (χ4n) is 2.75. The second kappa shape index (κ2) is 8.73. The first-order chi connectivity index (χ1) is 10.7. The van der Waals surface area contributed by atoms with Crippen molar-refractivity contribution in [2.75, 3.05) is 33.2 Å². The molecule has 0 radical (unpaired) electrons. The summed E-state index contributed by atoms with van der Waals surface area (Å²) in [4.78, 5) is 6.76. The fraction of sp³-hybridized carbons (Fsp3) is 0.588. The standard InChI is InChI=1S/C17H27FN4/c1-14(13-22-9-3-4-10-22)11-20-17(19-2)21-12-15-5-7-16(18)8-6-15/h5-8,14H,3-4,9-13H2,1-2H3,(H2,19,20,21). The molecule has 0 aliphatic carbocycles. The number of nitrogens with one attached hydrogen (secondary N) is 2. The Kier molecular flexibility index (Phi) is 6.65. The van der Waals surface area contributed by atoms with Gasteiger partial charge in [0, 0.05) is 26.7 Å². The number of hydrogen-bond donors (Lipinski definition) is 2. The van der Waals surface area contributed by atoms with E-state index >= 15 is 0 Å². The number of rotatable bonds is 6. The number of aliphatic imine (C=N–C) groups is 1. The lowest BCUT2D eigenvalue weighted by atomic mass is 10.1. The van der Waals surface area contributed by atoms with Crippen molar-refractivity contribution in [2.24, 2.45) is 10.9 Å². The van der Waals surface area contributed by atoms with Crippen molar-refractivity contribution in [2.45, 2.75) is 26.3 Å². The van der Waals surface area contributed by atoms with Gasteiger partial charge in [0.05, 0.1) is 0 Å². The number of likely N-dealkylation sites (tertiary alicyclic amines) is 1. The largest absolute Gasteiger partial charge is 0.356 e. The summed E-state index contributed by atoms with van der Waals surface area (Å²) in [5.41, 5.74) is 1.04. The predicted octanol–water partition coefficient (Wildman–Crippen LogP) is 2.22. The lowest BCUT2D eigenvalue weighted by Crippen LogP contribution is -2.41. The Hall–Kier alpha value is -1.62. The van der Waals surface area contributed by atoms with E-state index in [1.165, 1.54) is 38.1 Å². The molecule has 1 saturated heterocycles. The van der Waals surface area contributed by atoms with Crippen LogP contribution in [0.1, 0.15) is 25.3 Å². The molecular formula is C17H27FN4. The molecule has 0 amide bonds. The highest BCUT2D eigenvalue weighted by Gasteiger charge is 2.14. The highest BCUT2D eigenvalue weighted by Crippen LogP contribution is 2.09. The van der Waals surface area contributed by atoms with Crippen molar-refractivity contribution in [3.63, 3.8) is 0 Å². The van der Waals surface area contributed by atoms with Crippen molar-refractivity contribution in [1.82, 2.24) is 15.5 Å². The molecule has 1 heterocycles. The Morgan fingerprint density at radius 3 is 2.55 bits per heavy atom. The van der Waals surface area contributed by atoms with Crippen LogP contribution >= 0.6 is 0 Å². The molecule has 1 unspecified atom stereocenters. The summed E-state index contributed by atoms with van der Waals surface area (Å²) < 4.78 is 12.9. The van der Waals surface area contributed by atoms with Gasteiger partial charge in [-0.1, -0.05) is 19.1 Å². The minimum atomic E-state index is -0.206. The molecule has 1 aliphatic heterocycles. The van der Waals surface area contributed by atoms with E-state index < -0.39 is 0 Å². The van der Waals surface area contributed by atoms with Crippen LogP contribution in [0, 0.1) is 11.7 Å². The quantitative estimate of drug-likeness (QED) is 0.625. The number of halogens is 1. The van der Waals surface area contributed by atoms with Gasteiger partial charge in [-0.15, -0.1) is 0 Å². The summed E-state index contributed by atoms with van der Waals surface area (Å²) in [5, 5.41) is 6.62. The fourth-order valence-corrected chi connectivity index (χ4v) is 2.75. The SMILES string of the molecule is CN=C(NCc1ccc(F)cc1)NCC(C)CN1CCCC1. The first-order valence-electron chi connectivity index (χ1n) is 8.08. The smallest absolute Gasteiger partial charge is 0.191 e. The molecule has 1 atom stereocenters. The predicted molar refractivity (Wildman–Crippen MR) is 89.4 cm³/mol. The number of benzene rings is 1. The lowest BCUT2D eigenvalue weighted by Gasteiger charge is -2.21. The summed E-state index contributed by atoms with van der Waals surface area (Å²) in [6.45, 7) is 7.42. The third-order valence-corrected chi connectivity index (χ3v) is 3.98. The molecule has 5 heteroatoms. The third kappa shape index (κ3) is 5.64. The maximum Gasteiger partial charge on any atom is 0.191 e. The van der Waals surface area contributed by atoms with Gasteiger partial charge in [0.1, 0.15) is 5.82 Å². The van der Waals surface area contributed by atoms with Crippen LogP contribution in [0.5, 0.6) is 0 Å². The van der Waals surface area contributed by atoms with E-state index in [9.17, 15) is 4.39 Å². The van der Waals surface area contributed by atoms with Crippen LogP contribution < -0.4 is 10.6 Å². The van der Waals surface area contributed by atoms with Gasteiger partial charge < -0.3 is 15.5 Å². The number of nitrogens with zero attached hydrogens (tertiary/aromatic N) is 2. The Morgan fingerprint density at radius 2 is 1.91 bits per heavy atom. The minimum Gasteiger partial charge on any atom is -0.356 e. The second-order valence-electron chi connectivity index (χ2n) is 6.05. The maximum absolute atomic E-state index is 12.9. The van der Waals surface area contributed by atoms with E-state index in [0.29, 0.717) is 12.5 Å². The molecule has 2 rings (SSSR count). The van der Waals surface area contributed by atoms with Gasteiger partial charge in [0.25, 0.3) is 0 Å². The molecule has 4 nitrogen and oxygen atoms in total. The van der Waals surface area contributed by atoms with Crippen LogP contribution in [0.3, 0.4) is 0 Å². The number of hydrogen-bond acceptors (Lipinski definition) is 2. The van der Waals surface area contributed by atoms with Crippen LogP contribution in [0.2, 0.25) is 0 Å². The van der Waals surface area contributed by atoms with Gasteiger partial charge in [0.2, 0.25) is 0 Å². The molecule has 122 valence electrons. The Bertz CT molecular complexity index is 466. The molecule has 0 aromatic heterocycles. The minimum absolute atomic E-state index is 0.206. The zero-order valence-electron chi connectivity index (χ0n) is 13.6. The van der Waals surface area contributed by atoms with E-state index in [0.717, 1.165) is 24.6 Å². The van der Waals surface area contributed by atoms with Crippen LogP contribution in [-0.2, 0) is 6.54 Å². The van der Waals surface area contributed by atoms with Crippen LogP contribution in [0.4, 0.5) is 4.39 Å². The van der Waals surface area contributed by atoms with E-state index in [2.05, 4.69) is 27.4 Å². The summed E-state index contributed by atoms with van der Waals surface area (Å²) in [7, 11) is 1.77. The Labute approximate surface area is 132 Å². The zero-order chi connectivity index (χ0) is 15.8. The normalized spacial score (nSPS) is 17.5. The molecule has 0 spiro atoms. The van der Waals surface area contributed by atoms with Gasteiger partial charge in [0.15, 0.2) is 5.96 Å². The van der Waals surface area contributed by atoms with E-state index in [4.69, 9.17) is 0 Å². The maximum atomic E-state index is 12.9. The second-order valence-corrected chi connectivity index (χ2v) is 6.05. The molecule has 1 aliphatic rings. The molecule has 1 aromatic carbocycles. The molecule has 2 N–H and O–H groups in total. The van der Waals surface area contributed by atoms with Gasteiger partial charge in [-0.2, -0.15) is 0 Å². The molecule has 0 saturated carbocycles. The van der Waals surface area contributed by atoms with Crippen LogP contribution in [-0.4, -0.2) is 44.1 Å². The topological polar surface area (TPSA) is 39.7 Å². The van der Waals surface area contributed by atoms with Crippen molar-refractivity contribution in [1.29, 1.82) is 0 Å². The monoisotopic (exact) mass is 306 g/mol. The first-order valence-corrected chi connectivity index (χ1v) is 8.08. The highest BCUT2D eigenvalue weighted by molar-refractivity contribution is 5.79. The van der Waals surface area contributed by atoms with Crippen molar-refractivity contribution >= 4 is 5.96 Å². The summed E-state index contributed by atoms with van der Waals surface area (Å²) in [6, 6.07) is 6.52. The summed E-state index contributed by atoms with van der Waals surface area (Å²) >= 11 is 0. The zero-order valence-corrected chi connectivity index (χ0v) is 13.6. The lowest BCUT2D eigenvalue weighted by molar-refractivity contribution is 0.287. The first kappa shape index (κ1) is 16.7. The highest BCUT2D eigenvalue weighted by atomic mass is 19.1. The number of guanidine groups is 1. The van der Waals surface area contributed by atoms with Gasteiger partial charge in [-0.05, 0) is 49.5 Å². The van der Waals surface area contributed by atoms with Crippen molar-refractivity contribution < 1.29 is 4.39 Å². The molecular weight excluding hydrogens is 279 g/mol. The summed E-state index contributed by atoms with van der Waals surface area (Å²) in [6.07, 6.45) is 2.67. The summed E-state index contributed by atoms with van der Waals surface area (Å²) in [5.74, 6) is 1.17. The van der Waals surface area contributed by atoms with Crippen molar-refractivity contribution in [3.8, 4) is 0 Å². The Morgan fingerprint density at radius 1 is 1.23 bits per heavy atom. The van der Waals surface area contributed by atoms with Crippen LogP contribution in [0.15, 0.2) is 29.3 Å². The third-order valence-electron chi connectivity index (χ3n) is 3.98. The van der Waals surface area contributed by atoms with Gasteiger partial charge in [-0.3, -0.25) is 4.99 Å². The molecule has 1 fully saturated rings. The van der Waals surface area contributed by atoms with Crippen molar-refractivity contribution in [3.05, 3.63) is 35.6 Å². The molecule has 0 bridgehead atoms. The van der Waals surface area contributed by atoms with Gasteiger partial charge >= 0.3 is 0 Å². The average molecular weight is 306 g/mol. The van der Waals surface area contributed by atoms with E-state index in [-0.39, 0.29) is 5.82 Å². The molecule has 22 heavy (non-hydrogen) atoms. The Balaban J connectivity index is 1.69. The van der Waals surface area contributed by atoms with E-state index in [1.54, 1.807) is 19.2 Å².